The first-order valence-corrected chi connectivity index (χ1v) is 10.3. The maximum Gasteiger partial charge on any atom is 0.199 e. The van der Waals surface area contributed by atoms with Crippen molar-refractivity contribution in [2.75, 3.05) is 0 Å². The van der Waals surface area contributed by atoms with Gasteiger partial charge in [-0.3, -0.25) is 0 Å². The van der Waals surface area contributed by atoms with E-state index in [0.717, 1.165) is 16.5 Å². The Balaban J connectivity index is 1.49. The van der Waals surface area contributed by atoms with Crippen molar-refractivity contribution in [3.8, 4) is 35.4 Å². The van der Waals surface area contributed by atoms with Crippen molar-refractivity contribution in [3.63, 3.8) is 0 Å². The maximum atomic E-state index is 9.24. The SMILES string of the molecule is N#Cc1nc2cc3ccc(-c4ccc5nc6nc(C#N)c(C#N)nc6nc5c4)cc3nc2nc1C#N. The summed E-state index contributed by atoms with van der Waals surface area (Å²) in [6.07, 6.45) is 0. The van der Waals surface area contributed by atoms with Crippen LogP contribution in [0.2, 0.25) is 0 Å². The summed E-state index contributed by atoms with van der Waals surface area (Å²) in [4.78, 5) is 30.1. The molecule has 0 spiro atoms. The van der Waals surface area contributed by atoms with Gasteiger partial charge in [0.1, 0.15) is 29.8 Å². The van der Waals surface area contributed by atoms with Gasteiger partial charge in [0.15, 0.2) is 39.7 Å². The van der Waals surface area contributed by atoms with E-state index in [4.69, 9.17) is 0 Å². The Labute approximate surface area is 201 Å². The fraction of sp³-hybridized carbons (Fsp3) is 0. The smallest absolute Gasteiger partial charge is 0.199 e. The van der Waals surface area contributed by atoms with Crippen molar-refractivity contribution >= 4 is 44.4 Å². The molecule has 0 amide bonds. The largest absolute Gasteiger partial charge is 0.231 e. The van der Waals surface area contributed by atoms with E-state index in [1.165, 1.54) is 0 Å². The molecule has 162 valence electrons. The van der Waals surface area contributed by atoms with Crippen molar-refractivity contribution in [1.29, 1.82) is 21.0 Å². The Morgan fingerprint density at radius 3 is 1.56 bits per heavy atom. The quantitative estimate of drug-likeness (QED) is 0.327. The van der Waals surface area contributed by atoms with Crippen LogP contribution in [0.25, 0.3) is 55.5 Å². The highest BCUT2D eigenvalue weighted by molar-refractivity contribution is 5.93. The van der Waals surface area contributed by atoms with Crippen LogP contribution < -0.4 is 0 Å². The van der Waals surface area contributed by atoms with Gasteiger partial charge in [0.05, 0.1) is 16.6 Å². The van der Waals surface area contributed by atoms with Gasteiger partial charge in [-0.1, -0.05) is 18.2 Å². The highest BCUT2D eigenvalue weighted by atomic mass is 15.0. The topological polar surface area (TPSA) is 185 Å². The van der Waals surface area contributed by atoms with Crippen LogP contribution in [-0.2, 0) is 0 Å². The molecule has 4 aromatic heterocycles. The normalized spacial score (nSPS) is 10.7. The maximum absolute atomic E-state index is 9.24. The van der Waals surface area contributed by atoms with Crippen LogP contribution in [0.15, 0.2) is 42.5 Å². The van der Waals surface area contributed by atoms with E-state index < -0.39 is 0 Å². The number of nitriles is 4. The van der Waals surface area contributed by atoms with Gasteiger partial charge in [0.2, 0.25) is 0 Å². The van der Waals surface area contributed by atoms with Crippen LogP contribution in [0.1, 0.15) is 22.8 Å². The lowest BCUT2D eigenvalue weighted by molar-refractivity contribution is 1.14. The number of hydrogen-bond acceptors (Lipinski definition) is 11. The predicted molar refractivity (Wildman–Crippen MR) is 125 cm³/mol. The lowest BCUT2D eigenvalue weighted by atomic mass is 10.0. The third-order valence-electron chi connectivity index (χ3n) is 5.50. The minimum absolute atomic E-state index is 0.0389. The molecule has 0 aliphatic carbocycles. The van der Waals surface area contributed by atoms with Crippen molar-refractivity contribution in [3.05, 3.63) is 65.2 Å². The molecular formula is C25H7N11. The fourth-order valence-electron chi connectivity index (χ4n) is 3.82. The average molecular weight is 461 g/mol. The number of fused-ring (bicyclic) bond motifs is 4. The number of pyridine rings is 1. The summed E-state index contributed by atoms with van der Waals surface area (Å²) in [6.45, 7) is 0. The van der Waals surface area contributed by atoms with E-state index in [-0.39, 0.29) is 39.7 Å². The van der Waals surface area contributed by atoms with Crippen LogP contribution in [0.3, 0.4) is 0 Å². The Morgan fingerprint density at radius 2 is 0.917 bits per heavy atom. The summed E-state index contributed by atoms with van der Waals surface area (Å²) in [5, 5.41) is 37.6. The molecule has 0 saturated heterocycles. The number of aromatic nitrogens is 7. The molecule has 11 heteroatoms. The zero-order chi connectivity index (χ0) is 24.8. The molecule has 0 bridgehead atoms. The summed E-state index contributed by atoms with van der Waals surface area (Å²) in [5.41, 5.74) is 4.18. The van der Waals surface area contributed by atoms with Crippen molar-refractivity contribution < 1.29 is 0 Å². The summed E-state index contributed by atoms with van der Waals surface area (Å²) in [7, 11) is 0. The lowest BCUT2D eigenvalue weighted by Crippen LogP contribution is -2.00. The summed E-state index contributed by atoms with van der Waals surface area (Å²) in [5.74, 6) is 0. The van der Waals surface area contributed by atoms with Gasteiger partial charge >= 0.3 is 0 Å². The molecule has 0 radical (unpaired) electrons. The summed E-state index contributed by atoms with van der Waals surface area (Å²) in [6, 6.07) is 20.4. The second kappa shape index (κ2) is 7.71. The summed E-state index contributed by atoms with van der Waals surface area (Å²) < 4.78 is 0. The number of nitrogens with zero attached hydrogens (tertiary/aromatic N) is 11. The Hall–Kier alpha value is -6.17. The highest BCUT2D eigenvalue weighted by Crippen LogP contribution is 2.28. The molecule has 6 rings (SSSR count). The molecular weight excluding hydrogens is 454 g/mol. The van der Waals surface area contributed by atoms with E-state index in [1.807, 2.05) is 54.6 Å². The minimum Gasteiger partial charge on any atom is -0.231 e. The molecule has 36 heavy (non-hydrogen) atoms. The molecule has 0 atom stereocenters. The number of rotatable bonds is 1. The summed E-state index contributed by atoms with van der Waals surface area (Å²) >= 11 is 0. The van der Waals surface area contributed by atoms with Gasteiger partial charge in [0.25, 0.3) is 0 Å². The minimum atomic E-state index is -0.104. The third-order valence-corrected chi connectivity index (χ3v) is 5.50. The molecule has 0 aliphatic heterocycles. The third kappa shape index (κ3) is 3.14. The number of hydrogen-bond donors (Lipinski definition) is 0. The molecule has 6 aromatic rings. The Morgan fingerprint density at radius 1 is 0.417 bits per heavy atom. The molecule has 0 saturated carbocycles. The first-order chi connectivity index (χ1) is 17.6. The molecule has 2 aromatic carbocycles. The van der Waals surface area contributed by atoms with Crippen LogP contribution in [0.5, 0.6) is 0 Å². The van der Waals surface area contributed by atoms with Gasteiger partial charge in [-0.2, -0.15) is 21.0 Å². The monoisotopic (exact) mass is 461 g/mol. The average Bonchev–Trinajstić information content (AvgIpc) is 2.92. The Kier molecular flexibility index (Phi) is 4.37. The molecule has 0 N–H and O–H groups in total. The van der Waals surface area contributed by atoms with Gasteiger partial charge < -0.3 is 0 Å². The van der Waals surface area contributed by atoms with E-state index >= 15 is 0 Å². The highest BCUT2D eigenvalue weighted by Gasteiger charge is 2.13. The van der Waals surface area contributed by atoms with E-state index in [1.54, 1.807) is 12.1 Å². The van der Waals surface area contributed by atoms with Crippen LogP contribution in [-0.4, -0.2) is 34.9 Å². The van der Waals surface area contributed by atoms with Gasteiger partial charge in [0, 0.05) is 5.39 Å². The van der Waals surface area contributed by atoms with Crippen LogP contribution >= 0.6 is 0 Å². The van der Waals surface area contributed by atoms with E-state index in [2.05, 4.69) is 34.9 Å². The van der Waals surface area contributed by atoms with E-state index in [9.17, 15) is 21.0 Å². The fourth-order valence-corrected chi connectivity index (χ4v) is 3.82. The van der Waals surface area contributed by atoms with Crippen molar-refractivity contribution in [2.24, 2.45) is 0 Å². The second-order valence-electron chi connectivity index (χ2n) is 7.60. The molecule has 11 nitrogen and oxygen atoms in total. The van der Waals surface area contributed by atoms with Crippen LogP contribution in [0, 0.1) is 45.3 Å². The van der Waals surface area contributed by atoms with Gasteiger partial charge in [-0.05, 0) is 35.4 Å². The van der Waals surface area contributed by atoms with E-state index in [0.29, 0.717) is 22.1 Å². The van der Waals surface area contributed by atoms with Crippen LogP contribution in [0.4, 0.5) is 0 Å². The zero-order valence-corrected chi connectivity index (χ0v) is 18.0. The predicted octanol–water partition coefficient (Wildman–Crippen LogP) is 3.22. The molecule has 0 aliphatic rings. The van der Waals surface area contributed by atoms with Crippen molar-refractivity contribution in [1.82, 2.24) is 34.9 Å². The second-order valence-corrected chi connectivity index (χ2v) is 7.60. The molecule has 0 fully saturated rings. The lowest BCUT2D eigenvalue weighted by Gasteiger charge is -2.07. The van der Waals surface area contributed by atoms with Gasteiger partial charge in [-0.15, -0.1) is 0 Å². The molecule has 4 heterocycles. The Bertz CT molecular complexity index is 1950. The van der Waals surface area contributed by atoms with Gasteiger partial charge in [-0.25, -0.2) is 34.9 Å². The first kappa shape index (κ1) is 20.4. The van der Waals surface area contributed by atoms with Crippen molar-refractivity contribution in [2.45, 2.75) is 0 Å². The molecule has 0 unspecified atom stereocenters. The standard InChI is InChI=1S/C25H7N11/c26-8-19-20(9-27)34-23-18(30-19)7-14-2-1-12(5-16(14)32-23)13-3-4-15-17(6-13)33-25-24(31-15)35-21(10-28)22(11-29)36-25/h1-7H. The first-order valence-electron chi connectivity index (χ1n) is 10.3. The number of benzene rings is 2. The zero-order valence-electron chi connectivity index (χ0n) is 18.0.